The van der Waals surface area contributed by atoms with E-state index in [1.165, 1.54) is 6.20 Å². The third-order valence-corrected chi connectivity index (χ3v) is 4.84. The van der Waals surface area contributed by atoms with E-state index in [-0.39, 0.29) is 17.9 Å². The third-order valence-electron chi connectivity index (χ3n) is 4.84. The number of benzene rings is 1. The largest absolute Gasteiger partial charge is 0.497 e. The average molecular weight is 405 g/mol. The number of aromatic nitrogens is 2. The number of Topliss-reactive ketones (excluding diaryl/α,β-unsaturated/α-hetero) is 1. The maximum atomic E-state index is 12.6. The van der Waals surface area contributed by atoms with Gasteiger partial charge in [-0.15, -0.1) is 0 Å². The summed E-state index contributed by atoms with van der Waals surface area (Å²) in [7, 11) is 1.55. The fourth-order valence-electron chi connectivity index (χ4n) is 3.04. The van der Waals surface area contributed by atoms with Crippen molar-refractivity contribution in [2.75, 3.05) is 13.7 Å². The number of nitrogens with zero attached hydrogens (tertiary/aromatic N) is 1. The van der Waals surface area contributed by atoms with E-state index in [0.29, 0.717) is 28.9 Å². The van der Waals surface area contributed by atoms with E-state index in [4.69, 9.17) is 4.74 Å². The second-order valence-electron chi connectivity index (χ2n) is 6.79. The van der Waals surface area contributed by atoms with Crippen LogP contribution in [0.3, 0.4) is 0 Å². The van der Waals surface area contributed by atoms with Crippen molar-refractivity contribution in [2.45, 2.75) is 20.3 Å². The normalized spacial score (nSPS) is 10.5. The molecule has 7 nitrogen and oxygen atoms in total. The molecule has 1 aromatic carbocycles. The van der Waals surface area contributed by atoms with E-state index in [2.05, 4.69) is 15.3 Å². The lowest BCUT2D eigenvalue weighted by Gasteiger charge is -2.10. The smallest absolute Gasteiger partial charge is 0.253 e. The van der Waals surface area contributed by atoms with E-state index >= 15 is 0 Å². The Kier molecular flexibility index (Phi) is 6.41. The summed E-state index contributed by atoms with van der Waals surface area (Å²) in [5.41, 5.74) is 3.61. The lowest BCUT2D eigenvalue weighted by molar-refractivity contribution is 0.0904. The van der Waals surface area contributed by atoms with Crippen LogP contribution in [0.15, 0.2) is 53.6 Å². The van der Waals surface area contributed by atoms with Gasteiger partial charge in [-0.1, -0.05) is 6.92 Å². The molecular weight excluding hydrogens is 382 g/mol. The molecule has 0 unspecified atom stereocenters. The van der Waals surface area contributed by atoms with E-state index in [9.17, 15) is 14.4 Å². The first-order valence-corrected chi connectivity index (χ1v) is 9.57. The molecule has 0 saturated heterocycles. The summed E-state index contributed by atoms with van der Waals surface area (Å²) in [6, 6.07) is 10.2. The minimum Gasteiger partial charge on any atom is -0.497 e. The molecular formula is C23H23N3O4. The second-order valence-corrected chi connectivity index (χ2v) is 6.79. The minimum absolute atomic E-state index is 0.127. The molecule has 3 rings (SSSR count). The molecule has 0 atom stereocenters. The van der Waals surface area contributed by atoms with E-state index < -0.39 is 5.91 Å². The number of amides is 1. The van der Waals surface area contributed by atoms with Crippen LogP contribution in [0.2, 0.25) is 0 Å². The van der Waals surface area contributed by atoms with Crippen LogP contribution in [-0.2, 0) is 6.42 Å². The number of carbonyl (C=O) groups is 2. The Labute approximate surface area is 174 Å². The van der Waals surface area contributed by atoms with Crippen LogP contribution in [-0.4, -0.2) is 35.3 Å². The third kappa shape index (κ3) is 4.63. The molecule has 7 heteroatoms. The Hall–Kier alpha value is -3.74. The summed E-state index contributed by atoms with van der Waals surface area (Å²) in [6.07, 6.45) is 3.68. The fraction of sp³-hybridized carbons (Fsp3) is 0.217. The number of H-pyrrole nitrogens is 1. The van der Waals surface area contributed by atoms with Gasteiger partial charge in [0, 0.05) is 40.3 Å². The fourth-order valence-corrected chi connectivity index (χ4v) is 3.04. The van der Waals surface area contributed by atoms with Crippen LogP contribution in [0.1, 0.15) is 38.9 Å². The van der Waals surface area contributed by atoms with Crippen LogP contribution in [0.5, 0.6) is 5.75 Å². The number of methoxy groups -OCH3 is 1. The molecule has 3 aromatic rings. The Morgan fingerprint density at radius 1 is 1.13 bits per heavy atom. The minimum atomic E-state index is -0.397. The van der Waals surface area contributed by atoms with Gasteiger partial charge in [0.2, 0.25) is 0 Å². The zero-order chi connectivity index (χ0) is 21.7. The van der Waals surface area contributed by atoms with Gasteiger partial charge in [-0.2, -0.15) is 0 Å². The molecule has 0 aliphatic carbocycles. The standard InChI is InChI=1S/C23H23N3O4/c1-4-15-9-17(11-25-22(15)28)20-10-18(12-24-14(20)2)23(29)26-13-21(27)16-5-7-19(30-3)8-6-16/h5-12H,4,13H2,1-3H3,(H,25,28)(H,26,29). The van der Waals surface area contributed by atoms with Crippen molar-refractivity contribution in [1.29, 1.82) is 0 Å². The predicted octanol–water partition coefficient (Wildman–Crippen LogP) is 2.93. The molecule has 1 amide bonds. The number of ether oxygens (including phenoxy) is 1. The quantitative estimate of drug-likeness (QED) is 0.589. The van der Waals surface area contributed by atoms with Crippen molar-refractivity contribution >= 4 is 11.7 Å². The highest BCUT2D eigenvalue weighted by molar-refractivity contribution is 6.02. The van der Waals surface area contributed by atoms with E-state index in [0.717, 1.165) is 16.8 Å². The Morgan fingerprint density at radius 3 is 2.53 bits per heavy atom. The second kappa shape index (κ2) is 9.17. The van der Waals surface area contributed by atoms with Gasteiger partial charge in [0.15, 0.2) is 5.78 Å². The molecule has 0 aliphatic heterocycles. The molecule has 0 fully saturated rings. The first kappa shape index (κ1) is 21.0. The number of aromatic amines is 1. The van der Waals surface area contributed by atoms with Crippen molar-refractivity contribution in [3.8, 4) is 16.9 Å². The summed E-state index contributed by atoms with van der Waals surface area (Å²) in [6.45, 7) is 3.61. The van der Waals surface area contributed by atoms with Crippen molar-refractivity contribution in [3.63, 3.8) is 0 Å². The van der Waals surface area contributed by atoms with Crippen LogP contribution in [0.25, 0.3) is 11.1 Å². The zero-order valence-electron chi connectivity index (χ0n) is 17.1. The Bertz CT molecular complexity index is 1130. The molecule has 0 spiro atoms. The van der Waals surface area contributed by atoms with Gasteiger partial charge < -0.3 is 15.0 Å². The maximum absolute atomic E-state index is 12.6. The Balaban J connectivity index is 1.76. The average Bonchev–Trinajstić information content (AvgIpc) is 2.78. The number of ketones is 1. The van der Waals surface area contributed by atoms with E-state index in [1.54, 1.807) is 49.7 Å². The van der Waals surface area contributed by atoms with Gasteiger partial charge in [0.25, 0.3) is 11.5 Å². The lowest BCUT2D eigenvalue weighted by atomic mass is 10.0. The summed E-state index contributed by atoms with van der Waals surface area (Å²) in [5, 5.41) is 2.64. The van der Waals surface area contributed by atoms with E-state index in [1.807, 2.05) is 13.8 Å². The summed E-state index contributed by atoms with van der Waals surface area (Å²) in [4.78, 5) is 43.7. The number of nitrogens with one attached hydrogen (secondary N) is 2. The molecule has 0 bridgehead atoms. The molecule has 154 valence electrons. The maximum Gasteiger partial charge on any atom is 0.253 e. The number of pyridine rings is 2. The number of hydrogen-bond donors (Lipinski definition) is 2. The Morgan fingerprint density at radius 2 is 1.87 bits per heavy atom. The molecule has 2 heterocycles. The van der Waals surface area contributed by atoms with Gasteiger partial charge in [-0.25, -0.2) is 0 Å². The van der Waals surface area contributed by atoms with Crippen LogP contribution < -0.4 is 15.6 Å². The van der Waals surface area contributed by atoms with Gasteiger partial charge in [-0.05, 0) is 49.7 Å². The summed E-state index contributed by atoms with van der Waals surface area (Å²) >= 11 is 0. The van der Waals surface area contributed by atoms with Crippen molar-refractivity contribution in [2.24, 2.45) is 0 Å². The van der Waals surface area contributed by atoms with Crippen LogP contribution >= 0.6 is 0 Å². The molecule has 0 radical (unpaired) electrons. The molecule has 0 saturated carbocycles. The number of aryl methyl sites for hydroxylation is 2. The number of hydrogen-bond acceptors (Lipinski definition) is 5. The van der Waals surface area contributed by atoms with Gasteiger partial charge in [0.05, 0.1) is 19.2 Å². The highest BCUT2D eigenvalue weighted by Crippen LogP contribution is 2.22. The van der Waals surface area contributed by atoms with Gasteiger partial charge >= 0.3 is 0 Å². The first-order chi connectivity index (χ1) is 14.4. The van der Waals surface area contributed by atoms with Gasteiger partial charge in [-0.3, -0.25) is 19.4 Å². The molecule has 2 N–H and O–H groups in total. The first-order valence-electron chi connectivity index (χ1n) is 9.57. The lowest BCUT2D eigenvalue weighted by Crippen LogP contribution is -2.29. The molecule has 0 aliphatic rings. The summed E-state index contributed by atoms with van der Waals surface area (Å²) < 4.78 is 5.08. The molecule has 2 aromatic heterocycles. The zero-order valence-corrected chi connectivity index (χ0v) is 17.1. The monoisotopic (exact) mass is 405 g/mol. The highest BCUT2D eigenvalue weighted by Gasteiger charge is 2.14. The van der Waals surface area contributed by atoms with Crippen molar-refractivity contribution in [1.82, 2.24) is 15.3 Å². The van der Waals surface area contributed by atoms with Crippen LogP contribution in [0.4, 0.5) is 0 Å². The van der Waals surface area contributed by atoms with Gasteiger partial charge in [0.1, 0.15) is 5.75 Å². The molecule has 30 heavy (non-hydrogen) atoms. The summed E-state index contributed by atoms with van der Waals surface area (Å²) in [5.74, 6) is 0.0487. The number of carbonyl (C=O) groups excluding carboxylic acids is 2. The van der Waals surface area contributed by atoms with Crippen LogP contribution in [0, 0.1) is 6.92 Å². The van der Waals surface area contributed by atoms with Crippen molar-refractivity contribution in [3.05, 3.63) is 81.5 Å². The topological polar surface area (TPSA) is 101 Å². The number of rotatable bonds is 7. The highest BCUT2D eigenvalue weighted by atomic mass is 16.5. The SMILES string of the molecule is CCc1cc(-c2cc(C(=O)NCC(=O)c3ccc(OC)cc3)cnc2C)c[nH]c1=O. The predicted molar refractivity (Wildman–Crippen MR) is 114 cm³/mol. The van der Waals surface area contributed by atoms with Crippen molar-refractivity contribution < 1.29 is 14.3 Å².